The molecule has 34 heavy (non-hydrogen) atoms. The fraction of sp³-hybridized carbons (Fsp3) is 0.400. The standard InChI is InChI=1S/C25H29N3O6/c1-17-12-20(18(2)28(17)8-9-31-3)14-21(15-26)25(30)34-16-24(29)27-7-6-19-4-5-22-23(13-19)33-11-10-32-22/h4-5,12-14H,6-11,16H2,1-3H3,(H,27,29)/b21-14+. The number of nitrogens with zero attached hydrogens (tertiary/aromatic N) is 2. The predicted octanol–water partition coefficient (Wildman–Crippen LogP) is 2.33. The molecule has 180 valence electrons. The van der Waals surface area contributed by atoms with E-state index in [-0.39, 0.29) is 5.57 Å². The topological polar surface area (TPSA) is 112 Å². The predicted molar refractivity (Wildman–Crippen MR) is 124 cm³/mol. The van der Waals surface area contributed by atoms with Crippen molar-refractivity contribution in [1.29, 1.82) is 5.26 Å². The highest BCUT2D eigenvalue weighted by molar-refractivity contribution is 5.99. The summed E-state index contributed by atoms with van der Waals surface area (Å²) in [6.45, 7) is 6.01. The number of ether oxygens (including phenoxy) is 4. The van der Waals surface area contributed by atoms with E-state index in [1.165, 1.54) is 6.08 Å². The van der Waals surface area contributed by atoms with Crippen LogP contribution in [0.5, 0.6) is 11.5 Å². The first kappa shape index (κ1) is 24.9. The van der Waals surface area contributed by atoms with Gasteiger partial charge in [-0.05, 0) is 55.7 Å². The first-order valence-electron chi connectivity index (χ1n) is 11.0. The van der Waals surface area contributed by atoms with Crippen LogP contribution in [0.3, 0.4) is 0 Å². The van der Waals surface area contributed by atoms with Gasteiger partial charge in [-0.15, -0.1) is 0 Å². The Bertz CT molecular complexity index is 1110. The summed E-state index contributed by atoms with van der Waals surface area (Å²) in [7, 11) is 1.63. The molecule has 0 spiro atoms. The molecule has 1 aromatic carbocycles. The van der Waals surface area contributed by atoms with E-state index in [4.69, 9.17) is 18.9 Å². The van der Waals surface area contributed by atoms with Gasteiger partial charge < -0.3 is 28.8 Å². The number of methoxy groups -OCH3 is 1. The molecule has 0 fully saturated rings. The Hall–Kier alpha value is -3.77. The van der Waals surface area contributed by atoms with Gasteiger partial charge in [-0.1, -0.05) is 6.07 Å². The number of aromatic nitrogens is 1. The van der Waals surface area contributed by atoms with Crippen molar-refractivity contribution < 1.29 is 28.5 Å². The number of benzene rings is 1. The van der Waals surface area contributed by atoms with Crippen LogP contribution >= 0.6 is 0 Å². The maximum absolute atomic E-state index is 12.3. The molecule has 0 aliphatic carbocycles. The molecule has 1 aromatic heterocycles. The number of aryl methyl sites for hydroxylation is 1. The number of fused-ring (bicyclic) bond motifs is 1. The van der Waals surface area contributed by atoms with Crippen LogP contribution < -0.4 is 14.8 Å². The Morgan fingerprint density at radius 1 is 1.21 bits per heavy atom. The van der Waals surface area contributed by atoms with Crippen molar-refractivity contribution in [3.63, 3.8) is 0 Å². The summed E-state index contributed by atoms with van der Waals surface area (Å²) >= 11 is 0. The van der Waals surface area contributed by atoms with Crippen molar-refractivity contribution >= 4 is 18.0 Å². The molecule has 2 heterocycles. The van der Waals surface area contributed by atoms with Crippen LogP contribution in [0.15, 0.2) is 29.8 Å². The molecule has 0 bridgehead atoms. The van der Waals surface area contributed by atoms with E-state index < -0.39 is 18.5 Å². The lowest BCUT2D eigenvalue weighted by Crippen LogP contribution is -2.30. The molecule has 3 rings (SSSR count). The number of carbonyl (C=O) groups is 2. The maximum Gasteiger partial charge on any atom is 0.349 e. The summed E-state index contributed by atoms with van der Waals surface area (Å²) in [5.41, 5.74) is 3.46. The highest BCUT2D eigenvalue weighted by Crippen LogP contribution is 2.30. The lowest BCUT2D eigenvalue weighted by Gasteiger charge is -2.18. The molecule has 0 radical (unpaired) electrons. The number of hydrogen-bond donors (Lipinski definition) is 1. The van der Waals surface area contributed by atoms with Gasteiger partial charge >= 0.3 is 5.97 Å². The number of amides is 1. The van der Waals surface area contributed by atoms with Gasteiger partial charge in [-0.2, -0.15) is 5.26 Å². The van der Waals surface area contributed by atoms with E-state index >= 15 is 0 Å². The zero-order valence-electron chi connectivity index (χ0n) is 19.7. The number of rotatable bonds is 10. The van der Waals surface area contributed by atoms with Gasteiger partial charge in [-0.3, -0.25) is 4.79 Å². The first-order valence-corrected chi connectivity index (χ1v) is 11.0. The van der Waals surface area contributed by atoms with E-state index in [1.807, 2.05) is 48.7 Å². The molecular formula is C25H29N3O6. The van der Waals surface area contributed by atoms with Crippen LogP contribution in [0.2, 0.25) is 0 Å². The Morgan fingerprint density at radius 2 is 1.97 bits per heavy atom. The minimum absolute atomic E-state index is 0.170. The smallest absolute Gasteiger partial charge is 0.349 e. The number of esters is 1. The minimum Gasteiger partial charge on any atom is -0.486 e. The summed E-state index contributed by atoms with van der Waals surface area (Å²) < 4.78 is 23.3. The second-order valence-electron chi connectivity index (χ2n) is 7.79. The molecule has 9 nitrogen and oxygen atoms in total. The van der Waals surface area contributed by atoms with Crippen LogP contribution in [0.25, 0.3) is 6.08 Å². The number of nitrogens with one attached hydrogen (secondary N) is 1. The molecule has 1 N–H and O–H groups in total. The Balaban J connectivity index is 1.49. The van der Waals surface area contributed by atoms with Crippen molar-refractivity contribution in [3.8, 4) is 17.6 Å². The van der Waals surface area contributed by atoms with E-state index in [2.05, 4.69) is 5.32 Å². The zero-order valence-corrected chi connectivity index (χ0v) is 19.7. The van der Waals surface area contributed by atoms with Crippen LogP contribution in [-0.2, 0) is 32.0 Å². The van der Waals surface area contributed by atoms with E-state index in [9.17, 15) is 14.9 Å². The maximum atomic E-state index is 12.3. The third kappa shape index (κ3) is 6.39. The highest BCUT2D eigenvalue weighted by Gasteiger charge is 2.16. The van der Waals surface area contributed by atoms with Crippen molar-refractivity contribution in [2.24, 2.45) is 0 Å². The summed E-state index contributed by atoms with van der Waals surface area (Å²) in [5, 5.41) is 12.1. The Kier molecular flexibility index (Phi) is 8.71. The number of carbonyl (C=O) groups excluding carboxylic acids is 2. The van der Waals surface area contributed by atoms with Gasteiger partial charge in [0.25, 0.3) is 5.91 Å². The summed E-state index contributed by atoms with van der Waals surface area (Å²) in [6, 6.07) is 9.39. The summed E-state index contributed by atoms with van der Waals surface area (Å²) in [6.07, 6.45) is 2.06. The third-order valence-electron chi connectivity index (χ3n) is 5.45. The largest absolute Gasteiger partial charge is 0.486 e. The molecule has 2 aromatic rings. The summed E-state index contributed by atoms with van der Waals surface area (Å²) in [4.78, 5) is 24.4. The fourth-order valence-electron chi connectivity index (χ4n) is 3.64. The molecule has 0 atom stereocenters. The van der Waals surface area contributed by atoms with Crippen molar-refractivity contribution in [1.82, 2.24) is 9.88 Å². The van der Waals surface area contributed by atoms with Gasteiger partial charge in [0, 0.05) is 31.6 Å². The molecule has 1 aliphatic heterocycles. The van der Waals surface area contributed by atoms with Crippen LogP contribution in [0.4, 0.5) is 0 Å². The van der Waals surface area contributed by atoms with E-state index in [1.54, 1.807) is 7.11 Å². The quantitative estimate of drug-likeness (QED) is 0.324. The first-order chi connectivity index (χ1) is 16.4. The molecule has 0 saturated heterocycles. The lowest BCUT2D eigenvalue weighted by atomic mass is 10.1. The van der Waals surface area contributed by atoms with Gasteiger partial charge in [0.2, 0.25) is 0 Å². The molecule has 1 aliphatic rings. The van der Waals surface area contributed by atoms with Gasteiger partial charge in [0.1, 0.15) is 24.9 Å². The molecule has 9 heteroatoms. The monoisotopic (exact) mass is 467 g/mol. The number of nitriles is 1. The Labute approximate surface area is 198 Å². The minimum atomic E-state index is -0.841. The lowest BCUT2D eigenvalue weighted by molar-refractivity contribution is -0.144. The van der Waals surface area contributed by atoms with Gasteiger partial charge in [0.15, 0.2) is 18.1 Å². The number of hydrogen-bond acceptors (Lipinski definition) is 7. The van der Waals surface area contributed by atoms with Crippen LogP contribution in [-0.4, -0.2) is 56.5 Å². The van der Waals surface area contributed by atoms with Crippen molar-refractivity contribution in [2.75, 3.05) is 40.1 Å². The SMILES string of the molecule is COCCn1c(C)cc(/C=C(\C#N)C(=O)OCC(=O)NCCc2ccc3c(c2)OCCO3)c1C. The van der Waals surface area contributed by atoms with Crippen LogP contribution in [0.1, 0.15) is 22.5 Å². The highest BCUT2D eigenvalue weighted by atomic mass is 16.6. The van der Waals surface area contributed by atoms with E-state index in [0.29, 0.717) is 50.8 Å². The average molecular weight is 468 g/mol. The van der Waals surface area contributed by atoms with Crippen LogP contribution in [0, 0.1) is 25.2 Å². The second-order valence-corrected chi connectivity index (χ2v) is 7.79. The molecular weight excluding hydrogens is 438 g/mol. The van der Waals surface area contributed by atoms with Gasteiger partial charge in [-0.25, -0.2) is 4.79 Å². The third-order valence-corrected chi connectivity index (χ3v) is 5.45. The zero-order chi connectivity index (χ0) is 24.5. The fourth-order valence-corrected chi connectivity index (χ4v) is 3.64. The van der Waals surface area contributed by atoms with Crippen molar-refractivity contribution in [2.45, 2.75) is 26.8 Å². The van der Waals surface area contributed by atoms with Gasteiger partial charge in [0.05, 0.1) is 6.61 Å². The van der Waals surface area contributed by atoms with E-state index in [0.717, 1.165) is 22.5 Å². The molecule has 0 unspecified atom stereocenters. The average Bonchev–Trinajstić information content (AvgIpc) is 3.11. The normalized spacial score (nSPS) is 12.7. The Morgan fingerprint density at radius 3 is 2.71 bits per heavy atom. The van der Waals surface area contributed by atoms with Crippen molar-refractivity contribution in [3.05, 3.63) is 52.4 Å². The molecule has 0 saturated carbocycles. The summed E-state index contributed by atoms with van der Waals surface area (Å²) in [5.74, 6) is 0.121. The second kappa shape index (κ2) is 11.9. The molecule has 1 amide bonds.